The summed E-state index contributed by atoms with van der Waals surface area (Å²) in [5.74, 6) is -0.713. The monoisotopic (exact) mass is 380 g/mol. The van der Waals surface area contributed by atoms with E-state index in [1.807, 2.05) is 11.8 Å². The van der Waals surface area contributed by atoms with Gasteiger partial charge in [0.2, 0.25) is 5.91 Å². The highest BCUT2D eigenvalue weighted by Crippen LogP contribution is 2.12. The Kier molecular flexibility index (Phi) is 9.01. The molecule has 27 heavy (non-hydrogen) atoms. The summed E-state index contributed by atoms with van der Waals surface area (Å²) < 4.78 is 26.9. The first-order chi connectivity index (χ1) is 13.1. The lowest BCUT2D eigenvalue weighted by Gasteiger charge is -2.20. The van der Waals surface area contributed by atoms with Crippen molar-refractivity contribution in [2.75, 3.05) is 32.7 Å². The zero-order chi connectivity index (χ0) is 19.5. The minimum atomic E-state index is -0.823. The molecule has 1 saturated heterocycles. The van der Waals surface area contributed by atoms with Gasteiger partial charge in [-0.25, -0.2) is 8.78 Å². The largest absolute Gasteiger partial charge is 0.357 e. The molecule has 150 valence electrons. The number of nitrogens with one attached hydrogen (secondary N) is 2. The first-order valence-corrected chi connectivity index (χ1v) is 9.84. The molecule has 1 fully saturated rings. The molecule has 0 aliphatic carbocycles. The number of amides is 1. The second-order valence-electron chi connectivity index (χ2n) is 6.70. The Morgan fingerprint density at radius 3 is 2.89 bits per heavy atom. The fourth-order valence-corrected chi connectivity index (χ4v) is 3.13. The molecule has 0 atom stereocenters. The predicted octanol–water partition coefficient (Wildman–Crippen LogP) is 2.86. The standard InChI is InChI=1S/C20H30F2N4O/c1-2-23-20(25-13-11-16-8-6-9-17(21)19(16)22)24-12-7-15-26-14-5-3-4-10-18(26)27/h6,8-9H,2-5,7,10-15H2,1H3,(H2,23,24,25). The van der Waals surface area contributed by atoms with Crippen molar-refractivity contribution in [2.24, 2.45) is 4.99 Å². The third-order valence-corrected chi connectivity index (χ3v) is 4.59. The molecule has 1 aromatic carbocycles. The second kappa shape index (κ2) is 11.5. The van der Waals surface area contributed by atoms with E-state index in [4.69, 9.17) is 0 Å². The summed E-state index contributed by atoms with van der Waals surface area (Å²) in [4.78, 5) is 18.4. The van der Waals surface area contributed by atoms with Crippen LogP contribution in [0.2, 0.25) is 0 Å². The molecule has 0 saturated carbocycles. The van der Waals surface area contributed by atoms with Crippen molar-refractivity contribution in [1.29, 1.82) is 0 Å². The first kappa shape index (κ1) is 21.1. The van der Waals surface area contributed by atoms with E-state index >= 15 is 0 Å². The number of guanidine groups is 1. The molecule has 2 N–H and O–H groups in total. The maximum Gasteiger partial charge on any atom is 0.222 e. The van der Waals surface area contributed by atoms with Crippen LogP contribution in [0.15, 0.2) is 23.2 Å². The van der Waals surface area contributed by atoms with E-state index in [1.165, 1.54) is 6.07 Å². The molecule has 5 nitrogen and oxygen atoms in total. The molecular formula is C20H30F2N4O. The van der Waals surface area contributed by atoms with Crippen LogP contribution in [-0.4, -0.2) is 49.5 Å². The number of aliphatic imine (C=N–C) groups is 1. The van der Waals surface area contributed by atoms with E-state index in [9.17, 15) is 13.6 Å². The van der Waals surface area contributed by atoms with Gasteiger partial charge >= 0.3 is 0 Å². The number of likely N-dealkylation sites (tertiary alicyclic amines) is 1. The first-order valence-electron chi connectivity index (χ1n) is 9.84. The Morgan fingerprint density at radius 2 is 2.07 bits per heavy atom. The van der Waals surface area contributed by atoms with Crippen molar-refractivity contribution in [1.82, 2.24) is 15.5 Å². The third kappa shape index (κ3) is 7.15. The topological polar surface area (TPSA) is 56.7 Å². The van der Waals surface area contributed by atoms with Crippen molar-refractivity contribution >= 4 is 11.9 Å². The average Bonchev–Trinajstić information content (AvgIpc) is 2.86. The number of carbonyl (C=O) groups excluding carboxylic acids is 1. The van der Waals surface area contributed by atoms with Crippen LogP contribution in [0.3, 0.4) is 0 Å². The Bertz CT molecular complexity index is 636. The van der Waals surface area contributed by atoms with Crippen molar-refractivity contribution < 1.29 is 13.6 Å². The quantitative estimate of drug-likeness (QED) is 0.414. The number of carbonyl (C=O) groups is 1. The second-order valence-corrected chi connectivity index (χ2v) is 6.70. The van der Waals surface area contributed by atoms with Gasteiger partial charge in [0.1, 0.15) is 0 Å². The minimum Gasteiger partial charge on any atom is -0.357 e. The van der Waals surface area contributed by atoms with Crippen LogP contribution in [0.5, 0.6) is 0 Å². The van der Waals surface area contributed by atoms with Crippen LogP contribution in [0.25, 0.3) is 0 Å². The van der Waals surface area contributed by atoms with Gasteiger partial charge in [0.05, 0.1) is 0 Å². The molecule has 0 unspecified atom stereocenters. The van der Waals surface area contributed by atoms with E-state index in [0.717, 1.165) is 44.8 Å². The highest BCUT2D eigenvalue weighted by Gasteiger charge is 2.15. The number of benzene rings is 1. The van der Waals surface area contributed by atoms with Gasteiger partial charge in [-0.2, -0.15) is 0 Å². The number of rotatable bonds is 8. The summed E-state index contributed by atoms with van der Waals surface area (Å²) in [6, 6.07) is 4.21. The lowest BCUT2D eigenvalue weighted by Crippen LogP contribution is -2.38. The number of hydrogen-bond donors (Lipinski definition) is 2. The van der Waals surface area contributed by atoms with Crippen LogP contribution in [0.4, 0.5) is 8.78 Å². The van der Waals surface area contributed by atoms with Gasteiger partial charge in [-0.05, 0) is 44.2 Å². The van der Waals surface area contributed by atoms with Crippen molar-refractivity contribution in [2.45, 2.75) is 45.4 Å². The fourth-order valence-electron chi connectivity index (χ4n) is 3.13. The number of halogens is 2. The van der Waals surface area contributed by atoms with Gasteiger partial charge in [-0.3, -0.25) is 9.79 Å². The van der Waals surface area contributed by atoms with Gasteiger partial charge in [-0.1, -0.05) is 18.6 Å². The van der Waals surface area contributed by atoms with Crippen LogP contribution >= 0.6 is 0 Å². The van der Waals surface area contributed by atoms with Crippen LogP contribution < -0.4 is 10.6 Å². The van der Waals surface area contributed by atoms with E-state index in [-0.39, 0.29) is 5.91 Å². The zero-order valence-electron chi connectivity index (χ0n) is 16.1. The molecule has 0 bridgehead atoms. The molecule has 1 aliphatic heterocycles. The van der Waals surface area contributed by atoms with Crippen molar-refractivity contribution in [3.05, 3.63) is 35.4 Å². The summed E-state index contributed by atoms with van der Waals surface area (Å²) in [6.45, 7) is 5.32. The van der Waals surface area contributed by atoms with Crippen LogP contribution in [0.1, 0.15) is 44.6 Å². The van der Waals surface area contributed by atoms with E-state index < -0.39 is 11.6 Å². The molecule has 1 heterocycles. The van der Waals surface area contributed by atoms with Crippen LogP contribution in [-0.2, 0) is 11.2 Å². The molecular weight excluding hydrogens is 350 g/mol. The molecule has 7 heteroatoms. The predicted molar refractivity (Wildman–Crippen MR) is 104 cm³/mol. The summed E-state index contributed by atoms with van der Waals surface area (Å²) >= 11 is 0. The summed E-state index contributed by atoms with van der Waals surface area (Å²) in [6.07, 6.45) is 5.03. The van der Waals surface area contributed by atoms with E-state index in [1.54, 1.807) is 6.07 Å². The molecule has 1 aliphatic rings. The van der Waals surface area contributed by atoms with Crippen molar-refractivity contribution in [3.8, 4) is 0 Å². The minimum absolute atomic E-state index is 0.249. The Hall–Kier alpha value is -2.18. The Morgan fingerprint density at radius 1 is 1.22 bits per heavy atom. The average molecular weight is 380 g/mol. The molecule has 1 amide bonds. The maximum atomic E-state index is 13.7. The maximum absolute atomic E-state index is 13.7. The normalized spacial score (nSPS) is 15.6. The SMILES string of the molecule is CCNC(=NCCCN1CCCCCC1=O)NCCc1cccc(F)c1F. The Labute approximate surface area is 160 Å². The lowest BCUT2D eigenvalue weighted by atomic mass is 10.1. The lowest BCUT2D eigenvalue weighted by molar-refractivity contribution is -0.130. The van der Waals surface area contributed by atoms with Crippen molar-refractivity contribution in [3.63, 3.8) is 0 Å². The van der Waals surface area contributed by atoms with Gasteiger partial charge in [0, 0.05) is 39.1 Å². The summed E-state index contributed by atoms with van der Waals surface area (Å²) in [7, 11) is 0. The highest BCUT2D eigenvalue weighted by molar-refractivity contribution is 5.79. The molecule has 0 spiro atoms. The van der Waals surface area contributed by atoms with E-state index in [0.29, 0.717) is 44.0 Å². The van der Waals surface area contributed by atoms with Gasteiger partial charge in [-0.15, -0.1) is 0 Å². The number of hydrogen-bond acceptors (Lipinski definition) is 2. The summed E-state index contributed by atoms with van der Waals surface area (Å²) in [5.41, 5.74) is 0.345. The molecule has 1 aromatic rings. The van der Waals surface area contributed by atoms with Gasteiger partial charge < -0.3 is 15.5 Å². The highest BCUT2D eigenvalue weighted by atomic mass is 19.2. The molecule has 0 aromatic heterocycles. The van der Waals surface area contributed by atoms with Gasteiger partial charge in [0.25, 0.3) is 0 Å². The van der Waals surface area contributed by atoms with Gasteiger partial charge in [0.15, 0.2) is 17.6 Å². The summed E-state index contributed by atoms with van der Waals surface area (Å²) in [5, 5.41) is 6.28. The zero-order valence-corrected chi connectivity index (χ0v) is 16.1. The fraction of sp³-hybridized carbons (Fsp3) is 0.600. The van der Waals surface area contributed by atoms with E-state index in [2.05, 4.69) is 15.6 Å². The smallest absolute Gasteiger partial charge is 0.222 e. The number of nitrogens with zero attached hydrogens (tertiary/aromatic N) is 2. The molecule has 2 rings (SSSR count). The molecule has 0 radical (unpaired) electrons. The third-order valence-electron chi connectivity index (χ3n) is 4.59. The van der Waals surface area contributed by atoms with Crippen LogP contribution in [0, 0.1) is 11.6 Å². The Balaban J connectivity index is 1.76.